The third-order valence-electron chi connectivity index (χ3n) is 4.22. The number of nitrogens with zero attached hydrogens (tertiary/aromatic N) is 1. The van der Waals surface area contributed by atoms with E-state index in [0.717, 1.165) is 22.0 Å². The second-order valence-corrected chi connectivity index (χ2v) is 5.72. The Morgan fingerprint density at radius 3 is 2.00 bits per heavy atom. The summed E-state index contributed by atoms with van der Waals surface area (Å²) < 4.78 is 21.4. The molecule has 0 saturated carbocycles. The Bertz CT molecular complexity index is 945. The van der Waals surface area contributed by atoms with Crippen molar-refractivity contribution < 1.29 is 46.4 Å². The summed E-state index contributed by atoms with van der Waals surface area (Å²) in [4.78, 5) is 4.31. The Morgan fingerprint density at radius 1 is 0.778 bits per heavy atom. The number of hydrogen-bond donors (Lipinski definition) is 1. The average molecular weight is 463 g/mol. The van der Waals surface area contributed by atoms with Gasteiger partial charge in [-0.3, -0.25) is 0 Å². The van der Waals surface area contributed by atoms with Gasteiger partial charge in [0, 0.05) is 40.3 Å². The summed E-state index contributed by atoms with van der Waals surface area (Å²) in [6.07, 6.45) is 0.515. The minimum Gasteiger partial charge on any atom is -0.493 e. The van der Waals surface area contributed by atoms with Gasteiger partial charge in [-0.15, -0.1) is 0 Å². The van der Waals surface area contributed by atoms with Gasteiger partial charge in [-0.2, -0.15) is 0 Å². The van der Waals surface area contributed by atoms with E-state index in [1.165, 1.54) is 0 Å². The number of aromatic hydroxyl groups is 1. The first-order chi connectivity index (χ1) is 12.6. The van der Waals surface area contributed by atoms with E-state index in [0.29, 0.717) is 29.4 Å². The third-order valence-corrected chi connectivity index (χ3v) is 4.22. The summed E-state index contributed by atoms with van der Waals surface area (Å²) in [7, 11) is 6.36. The number of ether oxygens (including phenoxy) is 4. The van der Waals surface area contributed by atoms with Crippen molar-refractivity contribution in [2.75, 3.05) is 28.4 Å². The predicted octanol–water partition coefficient (Wildman–Crippen LogP) is 3.56. The molecule has 0 amide bonds. The molecule has 3 rings (SSSR count). The fourth-order valence-corrected chi connectivity index (χ4v) is 2.95. The van der Waals surface area contributed by atoms with Crippen molar-refractivity contribution in [1.29, 1.82) is 0 Å². The number of hydrogen-bond acceptors (Lipinski definition) is 6. The molecule has 1 N–H and O–H groups in total. The van der Waals surface area contributed by atoms with Crippen LogP contribution in [0, 0.1) is 0 Å². The van der Waals surface area contributed by atoms with Crippen LogP contribution < -0.4 is 18.9 Å². The maximum Gasteiger partial charge on any atom is 0.211 e. The van der Waals surface area contributed by atoms with Gasteiger partial charge in [-0.1, -0.05) is 6.07 Å². The Kier molecular flexibility index (Phi) is 6.96. The van der Waals surface area contributed by atoms with Gasteiger partial charge >= 0.3 is 0 Å². The van der Waals surface area contributed by atoms with E-state index in [1.54, 1.807) is 34.5 Å². The summed E-state index contributed by atoms with van der Waals surface area (Å²) in [5.74, 6) is 2.48. The van der Waals surface area contributed by atoms with Gasteiger partial charge in [0.2, 0.25) is 5.88 Å². The Balaban J connectivity index is 0.00000261. The van der Waals surface area contributed by atoms with Crippen LogP contribution >= 0.6 is 0 Å². The molecule has 1 aromatic heterocycles. The molecule has 0 aliphatic carbocycles. The van der Waals surface area contributed by atoms with Crippen molar-refractivity contribution in [3.8, 4) is 28.9 Å². The average Bonchev–Trinajstić information content (AvgIpc) is 2.66. The second kappa shape index (κ2) is 8.99. The molecule has 147 valence electrons. The predicted molar refractivity (Wildman–Crippen MR) is 98.9 cm³/mol. The summed E-state index contributed by atoms with van der Waals surface area (Å²) in [5, 5.41) is 11.7. The first kappa shape index (κ1) is 20.9. The van der Waals surface area contributed by atoms with E-state index < -0.39 is 0 Å². The smallest absolute Gasteiger partial charge is 0.211 e. The molecule has 0 aliphatic heterocycles. The van der Waals surface area contributed by atoms with E-state index >= 15 is 0 Å². The largest absolute Gasteiger partial charge is 0.493 e. The van der Waals surface area contributed by atoms with Gasteiger partial charge in [0.15, 0.2) is 23.0 Å². The van der Waals surface area contributed by atoms with Crippen LogP contribution in [-0.4, -0.2) is 38.5 Å². The zero-order chi connectivity index (χ0) is 18.7. The molecule has 1 radical (unpaired) electrons. The van der Waals surface area contributed by atoms with Crippen LogP contribution in [-0.2, 0) is 28.8 Å². The molecule has 0 saturated heterocycles. The van der Waals surface area contributed by atoms with E-state index in [2.05, 4.69) is 4.98 Å². The number of fused-ring (bicyclic) bond motifs is 1. The molecule has 27 heavy (non-hydrogen) atoms. The molecule has 0 fully saturated rings. The maximum absolute atomic E-state index is 10.0. The van der Waals surface area contributed by atoms with E-state index in [4.69, 9.17) is 18.9 Å². The molecule has 2 aromatic carbocycles. The summed E-state index contributed by atoms with van der Waals surface area (Å²) in [6.45, 7) is 0. The zero-order valence-corrected chi connectivity index (χ0v) is 17.0. The molecular formula is C20H21AgNO5. The molecule has 7 heteroatoms. The minimum atomic E-state index is -0.0415. The van der Waals surface area contributed by atoms with Crippen LogP contribution in [0.5, 0.6) is 28.9 Å². The van der Waals surface area contributed by atoms with Gasteiger partial charge in [-0.25, -0.2) is 4.98 Å². The molecule has 0 unspecified atom stereocenters. The van der Waals surface area contributed by atoms with Crippen molar-refractivity contribution in [2.24, 2.45) is 0 Å². The van der Waals surface area contributed by atoms with Gasteiger partial charge in [0.1, 0.15) is 0 Å². The van der Waals surface area contributed by atoms with Crippen molar-refractivity contribution in [3.05, 3.63) is 47.7 Å². The summed E-state index contributed by atoms with van der Waals surface area (Å²) in [6, 6.07) is 11.0. The maximum atomic E-state index is 10.0. The van der Waals surface area contributed by atoms with Crippen molar-refractivity contribution in [3.63, 3.8) is 0 Å². The minimum absolute atomic E-state index is 0. The van der Waals surface area contributed by atoms with Gasteiger partial charge in [-0.05, 0) is 35.2 Å². The molecule has 0 spiro atoms. The quantitative estimate of drug-likeness (QED) is 0.564. The zero-order valence-electron chi connectivity index (χ0n) is 15.5. The van der Waals surface area contributed by atoms with Crippen LogP contribution in [0.25, 0.3) is 10.8 Å². The van der Waals surface area contributed by atoms with Gasteiger partial charge < -0.3 is 24.1 Å². The van der Waals surface area contributed by atoms with Crippen LogP contribution in [0.4, 0.5) is 0 Å². The molecule has 0 aliphatic rings. The Labute approximate surface area is 173 Å². The SMILES string of the molecule is COc1ccc(Cc2nc(O)cc3cc(OC)c(OC)cc23)cc1OC.[Ag]. The van der Waals surface area contributed by atoms with E-state index in [9.17, 15) is 5.11 Å². The normalized spacial score (nSPS) is 10.2. The number of aromatic nitrogens is 1. The van der Waals surface area contributed by atoms with Crippen LogP contribution in [0.2, 0.25) is 0 Å². The number of methoxy groups -OCH3 is 4. The fraction of sp³-hybridized carbons (Fsp3) is 0.250. The van der Waals surface area contributed by atoms with Crippen LogP contribution in [0.1, 0.15) is 11.3 Å². The molecule has 3 aromatic rings. The Morgan fingerprint density at radius 2 is 1.37 bits per heavy atom. The number of pyridine rings is 1. The van der Waals surface area contributed by atoms with E-state index in [1.807, 2.05) is 30.3 Å². The van der Waals surface area contributed by atoms with Gasteiger partial charge in [0.05, 0.1) is 34.1 Å². The molecule has 0 bridgehead atoms. The fourth-order valence-electron chi connectivity index (χ4n) is 2.95. The topological polar surface area (TPSA) is 70.0 Å². The molecule has 1 heterocycles. The van der Waals surface area contributed by atoms with Crippen molar-refractivity contribution >= 4 is 10.8 Å². The van der Waals surface area contributed by atoms with Crippen molar-refractivity contribution in [1.82, 2.24) is 4.98 Å². The van der Waals surface area contributed by atoms with Crippen molar-refractivity contribution in [2.45, 2.75) is 6.42 Å². The monoisotopic (exact) mass is 462 g/mol. The molecule has 6 nitrogen and oxygen atoms in total. The number of rotatable bonds is 6. The summed E-state index contributed by atoms with van der Waals surface area (Å²) in [5.41, 5.74) is 1.71. The standard InChI is InChI=1S/C20H21NO5.Ag/c1-23-16-6-5-12(8-17(16)24-2)7-15-14-11-19(26-4)18(25-3)9-13(14)10-20(22)21-15;/h5-6,8-11H,7H2,1-4H3,(H,21,22);. The Hall–Kier alpha value is -2.41. The van der Waals surface area contributed by atoms with Crippen LogP contribution in [0.3, 0.4) is 0 Å². The van der Waals surface area contributed by atoms with Crippen LogP contribution in [0.15, 0.2) is 36.4 Å². The van der Waals surface area contributed by atoms with E-state index in [-0.39, 0.29) is 28.3 Å². The second-order valence-electron chi connectivity index (χ2n) is 5.72. The third kappa shape index (κ3) is 4.30. The first-order valence-electron chi connectivity index (χ1n) is 8.05. The summed E-state index contributed by atoms with van der Waals surface area (Å²) >= 11 is 0. The molecule has 0 atom stereocenters. The number of benzene rings is 2. The van der Waals surface area contributed by atoms with Gasteiger partial charge in [0.25, 0.3) is 0 Å². The molecular weight excluding hydrogens is 442 g/mol. The first-order valence-corrected chi connectivity index (χ1v) is 8.05.